The second-order valence-corrected chi connectivity index (χ2v) is 5.68. The summed E-state index contributed by atoms with van der Waals surface area (Å²) >= 11 is 0. The minimum absolute atomic E-state index is 0.925. The van der Waals surface area contributed by atoms with Crippen molar-refractivity contribution in [2.75, 3.05) is 6.54 Å². The molecular formula is C14H27N. The Labute approximate surface area is 95.2 Å². The first-order valence-electron chi connectivity index (χ1n) is 7.07. The molecule has 0 aliphatic heterocycles. The summed E-state index contributed by atoms with van der Waals surface area (Å²) in [6, 6.07) is 1.86. The monoisotopic (exact) mass is 209 g/mol. The maximum Gasteiger partial charge on any atom is 0.00982 e. The third-order valence-corrected chi connectivity index (χ3v) is 4.61. The molecule has 1 nitrogen and oxygen atoms in total. The Hall–Kier alpha value is -0.0400. The van der Waals surface area contributed by atoms with E-state index in [1.807, 2.05) is 0 Å². The number of rotatable bonds is 3. The van der Waals surface area contributed by atoms with Crippen LogP contribution in [0.4, 0.5) is 0 Å². The molecule has 88 valence electrons. The molecule has 0 saturated heterocycles. The molecule has 0 unspecified atom stereocenters. The number of hydrogen-bond donors (Lipinski definition) is 0. The molecule has 0 spiro atoms. The summed E-state index contributed by atoms with van der Waals surface area (Å²) in [6.45, 7) is 6.06. The molecule has 0 aromatic rings. The van der Waals surface area contributed by atoms with Gasteiger partial charge in [0.15, 0.2) is 0 Å². The summed E-state index contributed by atoms with van der Waals surface area (Å²) in [5.41, 5.74) is 0. The third-order valence-electron chi connectivity index (χ3n) is 4.61. The predicted octanol–water partition coefficient (Wildman–Crippen LogP) is 3.83. The molecule has 15 heavy (non-hydrogen) atoms. The van der Waals surface area contributed by atoms with Gasteiger partial charge in [-0.05, 0) is 51.0 Å². The fourth-order valence-electron chi connectivity index (χ4n) is 3.62. The van der Waals surface area contributed by atoms with Crippen LogP contribution < -0.4 is 0 Å². The number of hydrogen-bond acceptors (Lipinski definition) is 1. The minimum atomic E-state index is 0.925. The molecule has 0 aromatic heterocycles. The lowest BCUT2D eigenvalue weighted by atomic mass is 9.86. The summed E-state index contributed by atoms with van der Waals surface area (Å²) in [4.78, 5) is 2.83. The summed E-state index contributed by atoms with van der Waals surface area (Å²) in [7, 11) is 0. The Kier molecular flexibility index (Phi) is 4.07. The van der Waals surface area contributed by atoms with Crippen LogP contribution in [0.3, 0.4) is 0 Å². The fraction of sp³-hybridized carbons (Fsp3) is 1.00. The Morgan fingerprint density at radius 3 is 1.93 bits per heavy atom. The van der Waals surface area contributed by atoms with Crippen molar-refractivity contribution in [1.82, 2.24) is 4.90 Å². The van der Waals surface area contributed by atoms with Crippen LogP contribution in [0.5, 0.6) is 0 Å². The van der Waals surface area contributed by atoms with E-state index in [0.29, 0.717) is 0 Å². The van der Waals surface area contributed by atoms with Gasteiger partial charge in [-0.15, -0.1) is 0 Å². The van der Waals surface area contributed by atoms with Crippen molar-refractivity contribution in [3.8, 4) is 0 Å². The molecule has 2 aliphatic rings. The van der Waals surface area contributed by atoms with Crippen molar-refractivity contribution in [2.45, 2.75) is 77.3 Å². The molecule has 1 heteroatoms. The first kappa shape index (κ1) is 11.4. The van der Waals surface area contributed by atoms with Crippen molar-refractivity contribution in [3.05, 3.63) is 0 Å². The molecule has 2 fully saturated rings. The highest BCUT2D eigenvalue weighted by molar-refractivity contribution is 4.84. The maximum atomic E-state index is 2.83. The van der Waals surface area contributed by atoms with Crippen LogP contribution in [-0.2, 0) is 0 Å². The van der Waals surface area contributed by atoms with Crippen LogP contribution in [-0.4, -0.2) is 23.5 Å². The quantitative estimate of drug-likeness (QED) is 0.683. The van der Waals surface area contributed by atoms with Gasteiger partial charge in [0, 0.05) is 12.1 Å². The minimum Gasteiger partial charge on any atom is -0.298 e. The van der Waals surface area contributed by atoms with Gasteiger partial charge in [-0.2, -0.15) is 0 Å². The van der Waals surface area contributed by atoms with E-state index in [4.69, 9.17) is 0 Å². The van der Waals surface area contributed by atoms with Crippen LogP contribution >= 0.6 is 0 Å². The van der Waals surface area contributed by atoms with Gasteiger partial charge in [-0.25, -0.2) is 0 Å². The lowest BCUT2D eigenvalue weighted by molar-refractivity contribution is 0.101. The van der Waals surface area contributed by atoms with Crippen LogP contribution in [0.15, 0.2) is 0 Å². The number of nitrogens with zero attached hydrogens (tertiary/aromatic N) is 1. The summed E-state index contributed by atoms with van der Waals surface area (Å²) in [5.74, 6) is 0.989. The van der Waals surface area contributed by atoms with Gasteiger partial charge in [0.2, 0.25) is 0 Å². The van der Waals surface area contributed by atoms with Crippen molar-refractivity contribution < 1.29 is 0 Å². The average molecular weight is 209 g/mol. The van der Waals surface area contributed by atoms with Crippen molar-refractivity contribution >= 4 is 0 Å². The normalized spacial score (nSPS) is 33.8. The van der Waals surface area contributed by atoms with Gasteiger partial charge < -0.3 is 0 Å². The summed E-state index contributed by atoms with van der Waals surface area (Å²) < 4.78 is 0. The van der Waals surface area contributed by atoms with Crippen molar-refractivity contribution in [1.29, 1.82) is 0 Å². The van der Waals surface area contributed by atoms with E-state index in [0.717, 1.165) is 18.0 Å². The first-order valence-corrected chi connectivity index (χ1v) is 7.07. The molecule has 0 amide bonds. The van der Waals surface area contributed by atoms with Crippen molar-refractivity contribution in [3.63, 3.8) is 0 Å². The Balaban J connectivity index is 1.88. The Bertz CT molecular complexity index is 176. The molecule has 0 atom stereocenters. The molecule has 0 N–H and O–H groups in total. The van der Waals surface area contributed by atoms with Crippen LogP contribution in [0.2, 0.25) is 0 Å². The van der Waals surface area contributed by atoms with Crippen LogP contribution in [0.25, 0.3) is 0 Å². The third kappa shape index (κ3) is 2.75. The molecule has 0 bridgehead atoms. The van der Waals surface area contributed by atoms with E-state index < -0.39 is 0 Å². The second kappa shape index (κ2) is 5.34. The standard InChI is InChI=1S/C14H27N/c1-3-15(13-6-4-5-7-13)14-10-8-12(2)9-11-14/h12-14H,3-11H2,1-2H3. The lowest BCUT2D eigenvalue weighted by Crippen LogP contribution is -2.43. The topological polar surface area (TPSA) is 3.24 Å². The highest BCUT2D eigenvalue weighted by Gasteiger charge is 2.29. The lowest BCUT2D eigenvalue weighted by Gasteiger charge is -2.39. The predicted molar refractivity (Wildman–Crippen MR) is 66.1 cm³/mol. The van der Waals surface area contributed by atoms with E-state index in [2.05, 4.69) is 18.7 Å². The smallest absolute Gasteiger partial charge is 0.00982 e. The SMILES string of the molecule is CCN(C1CCCC1)C1CCC(C)CC1. The van der Waals surface area contributed by atoms with E-state index >= 15 is 0 Å². The maximum absolute atomic E-state index is 2.83. The van der Waals surface area contributed by atoms with Gasteiger partial charge in [0.1, 0.15) is 0 Å². The zero-order chi connectivity index (χ0) is 10.7. The molecule has 0 heterocycles. The second-order valence-electron chi connectivity index (χ2n) is 5.68. The molecule has 0 radical (unpaired) electrons. The van der Waals surface area contributed by atoms with Crippen LogP contribution in [0.1, 0.15) is 65.2 Å². The van der Waals surface area contributed by atoms with Crippen LogP contribution in [0, 0.1) is 5.92 Å². The zero-order valence-electron chi connectivity index (χ0n) is 10.5. The average Bonchev–Trinajstić information content (AvgIpc) is 2.75. The first-order chi connectivity index (χ1) is 7.31. The van der Waals surface area contributed by atoms with E-state index in [1.54, 1.807) is 0 Å². The molecule has 2 rings (SSSR count). The summed E-state index contributed by atoms with van der Waals surface area (Å²) in [6.07, 6.45) is 11.8. The Morgan fingerprint density at radius 1 is 0.867 bits per heavy atom. The largest absolute Gasteiger partial charge is 0.298 e. The van der Waals surface area contributed by atoms with Gasteiger partial charge in [-0.3, -0.25) is 4.90 Å². The van der Waals surface area contributed by atoms with Crippen molar-refractivity contribution in [2.24, 2.45) is 5.92 Å². The Morgan fingerprint density at radius 2 is 1.40 bits per heavy atom. The van der Waals surface area contributed by atoms with Gasteiger partial charge in [0.25, 0.3) is 0 Å². The van der Waals surface area contributed by atoms with E-state index in [-0.39, 0.29) is 0 Å². The fourth-order valence-corrected chi connectivity index (χ4v) is 3.62. The van der Waals surface area contributed by atoms with Gasteiger partial charge >= 0.3 is 0 Å². The molecule has 2 aliphatic carbocycles. The van der Waals surface area contributed by atoms with E-state index in [9.17, 15) is 0 Å². The molecule has 0 aromatic carbocycles. The molecular weight excluding hydrogens is 182 g/mol. The zero-order valence-corrected chi connectivity index (χ0v) is 10.5. The highest BCUT2D eigenvalue weighted by atomic mass is 15.2. The highest BCUT2D eigenvalue weighted by Crippen LogP contribution is 2.32. The molecule has 2 saturated carbocycles. The van der Waals surface area contributed by atoms with Gasteiger partial charge in [0.05, 0.1) is 0 Å². The summed E-state index contributed by atoms with van der Waals surface area (Å²) in [5, 5.41) is 0. The van der Waals surface area contributed by atoms with Gasteiger partial charge in [-0.1, -0.05) is 26.7 Å². The van der Waals surface area contributed by atoms with E-state index in [1.165, 1.54) is 57.9 Å².